The normalized spacial score (nSPS) is 11.0. The Balaban J connectivity index is 1.89. The zero-order chi connectivity index (χ0) is 24.0. The Morgan fingerprint density at radius 3 is 2.27 bits per heavy atom. The fraction of sp³-hybridized carbons (Fsp3) is 0.200. The number of aryl methyl sites for hydroxylation is 2. The summed E-state index contributed by atoms with van der Waals surface area (Å²) in [5.74, 6) is -1.05. The van der Waals surface area contributed by atoms with Crippen molar-refractivity contribution in [2.75, 3.05) is 22.8 Å². The van der Waals surface area contributed by atoms with Crippen LogP contribution in [0.15, 0.2) is 77.7 Å². The van der Waals surface area contributed by atoms with E-state index in [-0.39, 0.29) is 17.1 Å². The van der Waals surface area contributed by atoms with Gasteiger partial charge in [0.05, 0.1) is 22.8 Å². The predicted molar refractivity (Wildman–Crippen MR) is 128 cm³/mol. The van der Waals surface area contributed by atoms with Crippen LogP contribution in [0.1, 0.15) is 28.4 Å². The maximum absolute atomic E-state index is 13.4. The van der Waals surface area contributed by atoms with Gasteiger partial charge in [-0.2, -0.15) is 0 Å². The molecule has 33 heavy (non-hydrogen) atoms. The van der Waals surface area contributed by atoms with E-state index in [1.807, 2.05) is 19.9 Å². The molecular formula is C25H26N2O5S. The molecule has 0 aromatic heterocycles. The zero-order valence-electron chi connectivity index (χ0n) is 18.7. The van der Waals surface area contributed by atoms with E-state index >= 15 is 0 Å². The monoisotopic (exact) mass is 466 g/mol. The van der Waals surface area contributed by atoms with Gasteiger partial charge in [-0.25, -0.2) is 13.2 Å². The molecule has 0 radical (unpaired) electrons. The first-order chi connectivity index (χ1) is 15.7. The van der Waals surface area contributed by atoms with Gasteiger partial charge in [-0.15, -0.1) is 0 Å². The van der Waals surface area contributed by atoms with Crippen LogP contribution in [-0.4, -0.2) is 33.4 Å². The lowest BCUT2D eigenvalue weighted by atomic mass is 10.2. The molecule has 0 fully saturated rings. The van der Waals surface area contributed by atoms with Gasteiger partial charge >= 0.3 is 5.97 Å². The molecule has 0 heterocycles. The van der Waals surface area contributed by atoms with Crippen LogP contribution in [0.3, 0.4) is 0 Å². The third-order valence-electron chi connectivity index (χ3n) is 4.84. The SMILES string of the molecule is CCOC(=O)c1cccc(NC(=O)CN(c2cccc(C)c2)S(=O)(=O)c2ccc(C)cc2)c1. The van der Waals surface area contributed by atoms with Crippen LogP contribution in [-0.2, 0) is 19.6 Å². The van der Waals surface area contributed by atoms with Gasteiger partial charge < -0.3 is 10.1 Å². The number of nitrogens with zero attached hydrogens (tertiary/aromatic N) is 1. The Bertz CT molecular complexity index is 1250. The van der Waals surface area contributed by atoms with Crippen molar-refractivity contribution in [1.82, 2.24) is 0 Å². The van der Waals surface area contributed by atoms with E-state index in [0.717, 1.165) is 15.4 Å². The Labute approximate surface area is 194 Å². The predicted octanol–water partition coefficient (Wildman–Crippen LogP) is 4.31. The van der Waals surface area contributed by atoms with E-state index in [4.69, 9.17) is 4.74 Å². The Hall–Kier alpha value is -3.65. The highest BCUT2D eigenvalue weighted by molar-refractivity contribution is 7.92. The lowest BCUT2D eigenvalue weighted by Gasteiger charge is -2.24. The van der Waals surface area contributed by atoms with E-state index < -0.39 is 28.4 Å². The number of amides is 1. The second-order valence-electron chi connectivity index (χ2n) is 7.51. The molecule has 0 bridgehead atoms. The van der Waals surface area contributed by atoms with Crippen molar-refractivity contribution < 1.29 is 22.7 Å². The third kappa shape index (κ3) is 5.98. The lowest BCUT2D eigenvalue weighted by molar-refractivity contribution is -0.114. The lowest BCUT2D eigenvalue weighted by Crippen LogP contribution is -2.38. The summed E-state index contributed by atoms with van der Waals surface area (Å²) in [5.41, 5.74) is 2.82. The number of nitrogens with one attached hydrogen (secondary N) is 1. The zero-order valence-corrected chi connectivity index (χ0v) is 19.6. The van der Waals surface area contributed by atoms with Crippen LogP contribution in [0.25, 0.3) is 0 Å². The highest BCUT2D eigenvalue weighted by atomic mass is 32.2. The second-order valence-corrected chi connectivity index (χ2v) is 9.38. The second kappa shape index (κ2) is 10.3. The van der Waals surface area contributed by atoms with Crippen LogP contribution < -0.4 is 9.62 Å². The van der Waals surface area contributed by atoms with E-state index in [2.05, 4.69) is 5.32 Å². The van der Waals surface area contributed by atoms with E-state index in [1.54, 1.807) is 55.5 Å². The van der Waals surface area contributed by atoms with Gasteiger partial charge in [0.15, 0.2) is 0 Å². The quantitative estimate of drug-likeness (QED) is 0.499. The van der Waals surface area contributed by atoms with Crippen molar-refractivity contribution >= 4 is 33.3 Å². The van der Waals surface area contributed by atoms with Gasteiger partial charge in [0, 0.05) is 5.69 Å². The third-order valence-corrected chi connectivity index (χ3v) is 6.63. The molecule has 0 saturated carbocycles. The molecule has 0 aliphatic rings. The summed E-state index contributed by atoms with van der Waals surface area (Å²) in [7, 11) is -4.01. The van der Waals surface area contributed by atoms with Crippen molar-refractivity contribution in [2.45, 2.75) is 25.7 Å². The van der Waals surface area contributed by atoms with Gasteiger partial charge in [-0.05, 0) is 68.8 Å². The van der Waals surface area contributed by atoms with Crippen LogP contribution in [0.4, 0.5) is 11.4 Å². The fourth-order valence-electron chi connectivity index (χ4n) is 3.20. The number of hydrogen-bond acceptors (Lipinski definition) is 5. The summed E-state index contributed by atoms with van der Waals surface area (Å²) < 4.78 is 32.9. The number of ether oxygens (including phenoxy) is 1. The molecule has 0 aliphatic heterocycles. The minimum absolute atomic E-state index is 0.0896. The molecule has 7 nitrogen and oxygen atoms in total. The van der Waals surface area contributed by atoms with Crippen molar-refractivity contribution in [3.63, 3.8) is 0 Å². The molecule has 0 unspecified atom stereocenters. The van der Waals surface area contributed by atoms with Crippen molar-refractivity contribution in [3.05, 3.63) is 89.5 Å². The standard InChI is InChI=1S/C25H26N2O5S/c1-4-32-25(29)20-8-6-9-21(16-20)26-24(28)17-27(22-10-5-7-19(3)15-22)33(30,31)23-13-11-18(2)12-14-23/h5-16H,4,17H2,1-3H3,(H,26,28). The summed E-state index contributed by atoms with van der Waals surface area (Å²) in [5, 5.41) is 2.67. The van der Waals surface area contributed by atoms with Crippen molar-refractivity contribution in [1.29, 1.82) is 0 Å². The first-order valence-corrected chi connectivity index (χ1v) is 11.9. The van der Waals surface area contributed by atoms with Crippen LogP contribution >= 0.6 is 0 Å². The number of sulfonamides is 1. The summed E-state index contributed by atoms with van der Waals surface area (Å²) >= 11 is 0. The van der Waals surface area contributed by atoms with E-state index in [1.165, 1.54) is 18.2 Å². The van der Waals surface area contributed by atoms with Gasteiger partial charge in [-0.3, -0.25) is 9.10 Å². The van der Waals surface area contributed by atoms with Gasteiger partial charge in [-0.1, -0.05) is 35.9 Å². The average Bonchev–Trinajstić information content (AvgIpc) is 2.78. The molecule has 0 saturated heterocycles. The van der Waals surface area contributed by atoms with Crippen molar-refractivity contribution in [2.24, 2.45) is 0 Å². The molecule has 3 rings (SSSR count). The molecule has 8 heteroatoms. The number of rotatable bonds is 8. The summed E-state index contributed by atoms with van der Waals surface area (Å²) in [6.07, 6.45) is 0. The van der Waals surface area contributed by atoms with E-state index in [0.29, 0.717) is 11.4 Å². The summed E-state index contributed by atoms with van der Waals surface area (Å²) in [4.78, 5) is 24.9. The number of anilines is 2. The highest BCUT2D eigenvalue weighted by Gasteiger charge is 2.27. The number of benzene rings is 3. The number of esters is 1. The molecule has 0 aliphatic carbocycles. The van der Waals surface area contributed by atoms with Crippen molar-refractivity contribution in [3.8, 4) is 0 Å². The highest BCUT2D eigenvalue weighted by Crippen LogP contribution is 2.25. The Kier molecular flexibility index (Phi) is 7.50. The molecule has 172 valence electrons. The maximum Gasteiger partial charge on any atom is 0.338 e. The molecule has 3 aromatic rings. The summed E-state index contributed by atoms with van der Waals surface area (Å²) in [6.45, 7) is 5.21. The molecule has 3 aromatic carbocycles. The molecular weight excluding hydrogens is 440 g/mol. The summed E-state index contributed by atoms with van der Waals surface area (Å²) in [6, 6.07) is 19.7. The largest absolute Gasteiger partial charge is 0.462 e. The van der Waals surface area contributed by atoms with Crippen LogP contribution in [0.5, 0.6) is 0 Å². The molecule has 1 N–H and O–H groups in total. The molecule has 0 spiro atoms. The Morgan fingerprint density at radius 1 is 0.909 bits per heavy atom. The number of carbonyl (C=O) groups excluding carboxylic acids is 2. The van der Waals surface area contributed by atoms with E-state index in [9.17, 15) is 18.0 Å². The van der Waals surface area contributed by atoms with Gasteiger partial charge in [0.2, 0.25) is 5.91 Å². The first-order valence-electron chi connectivity index (χ1n) is 10.4. The minimum Gasteiger partial charge on any atom is -0.462 e. The Morgan fingerprint density at radius 2 is 1.61 bits per heavy atom. The van der Waals surface area contributed by atoms with Crippen LogP contribution in [0.2, 0.25) is 0 Å². The van der Waals surface area contributed by atoms with Crippen LogP contribution in [0, 0.1) is 13.8 Å². The molecule has 1 amide bonds. The van der Waals surface area contributed by atoms with Gasteiger partial charge in [0.25, 0.3) is 10.0 Å². The average molecular weight is 467 g/mol. The minimum atomic E-state index is -4.01. The number of hydrogen-bond donors (Lipinski definition) is 1. The maximum atomic E-state index is 13.4. The first kappa shape index (κ1) is 24.0. The van der Waals surface area contributed by atoms with Gasteiger partial charge in [0.1, 0.15) is 6.54 Å². The fourth-order valence-corrected chi connectivity index (χ4v) is 4.62. The topological polar surface area (TPSA) is 92.8 Å². The smallest absolute Gasteiger partial charge is 0.338 e. The number of carbonyl (C=O) groups is 2. The molecule has 0 atom stereocenters.